The SMILES string of the molecule is [Hg][c]1cccc2cc3ccccc3cc12. The zero-order chi connectivity index (χ0) is 10.3. The van der Waals surface area contributed by atoms with E-state index >= 15 is 0 Å². The van der Waals surface area contributed by atoms with E-state index in [-0.39, 0.29) is 0 Å². The average molecular weight is 378 g/mol. The van der Waals surface area contributed by atoms with Gasteiger partial charge in [-0.1, -0.05) is 0 Å². The molecule has 0 spiro atoms. The van der Waals surface area contributed by atoms with Crippen LogP contribution in [0.4, 0.5) is 0 Å². The molecular formula is C14H9Hg. The normalized spacial score (nSPS) is 11.1. The van der Waals surface area contributed by atoms with Crippen LogP contribution in [0.3, 0.4) is 0 Å². The molecule has 3 rings (SSSR count). The van der Waals surface area contributed by atoms with Gasteiger partial charge < -0.3 is 0 Å². The molecule has 1 heteroatoms. The Morgan fingerprint density at radius 3 is 2.13 bits per heavy atom. The van der Waals surface area contributed by atoms with E-state index in [1.54, 1.807) is 3.07 Å². The first-order valence-electron chi connectivity index (χ1n) is 5.08. The number of fused-ring (bicyclic) bond motifs is 2. The molecule has 0 saturated heterocycles. The van der Waals surface area contributed by atoms with Crippen LogP contribution >= 0.6 is 0 Å². The molecule has 15 heavy (non-hydrogen) atoms. The second kappa shape index (κ2) is 3.60. The van der Waals surface area contributed by atoms with Crippen molar-refractivity contribution in [1.82, 2.24) is 0 Å². The van der Waals surface area contributed by atoms with Crippen molar-refractivity contribution in [2.24, 2.45) is 0 Å². The Kier molecular flexibility index (Phi) is 2.25. The van der Waals surface area contributed by atoms with Crippen LogP contribution in [0.15, 0.2) is 54.6 Å². The summed E-state index contributed by atoms with van der Waals surface area (Å²) in [5.41, 5.74) is 0. The van der Waals surface area contributed by atoms with Crippen molar-refractivity contribution in [3.05, 3.63) is 54.6 Å². The quantitative estimate of drug-likeness (QED) is 0.417. The maximum absolute atomic E-state index is 2.33. The second-order valence-electron chi connectivity index (χ2n) is 3.84. The summed E-state index contributed by atoms with van der Waals surface area (Å²) in [6.45, 7) is 0. The van der Waals surface area contributed by atoms with E-state index < -0.39 is 0 Å². The monoisotopic (exact) mass is 379 g/mol. The molecule has 0 radical (unpaired) electrons. The summed E-state index contributed by atoms with van der Waals surface area (Å²) in [5, 5.41) is 5.51. The Bertz CT molecular complexity index is 641. The minimum absolute atomic E-state index is 0.692. The Hall–Kier alpha value is -0.885. The number of rotatable bonds is 0. The van der Waals surface area contributed by atoms with E-state index in [2.05, 4.69) is 54.6 Å². The van der Waals surface area contributed by atoms with Gasteiger partial charge in [0.2, 0.25) is 0 Å². The van der Waals surface area contributed by atoms with Crippen molar-refractivity contribution >= 4 is 24.6 Å². The van der Waals surface area contributed by atoms with Gasteiger partial charge in [-0.3, -0.25) is 0 Å². The number of hydrogen-bond donors (Lipinski definition) is 0. The summed E-state index contributed by atoms with van der Waals surface area (Å²) in [7, 11) is 0. The van der Waals surface area contributed by atoms with Gasteiger partial charge in [0.15, 0.2) is 0 Å². The Morgan fingerprint density at radius 2 is 1.33 bits per heavy atom. The van der Waals surface area contributed by atoms with Crippen LogP contribution in [0, 0.1) is 0 Å². The molecule has 0 N–H and O–H groups in total. The fourth-order valence-corrected chi connectivity index (χ4v) is 3.75. The molecule has 0 nitrogen and oxygen atoms in total. The van der Waals surface area contributed by atoms with Gasteiger partial charge in [-0.15, -0.1) is 0 Å². The molecular weight excluding hydrogens is 369 g/mol. The molecule has 0 heterocycles. The summed E-state index contributed by atoms with van der Waals surface area (Å²) in [5.74, 6) is 0. The number of hydrogen-bond acceptors (Lipinski definition) is 0. The fourth-order valence-electron chi connectivity index (χ4n) is 2.03. The third-order valence-electron chi connectivity index (χ3n) is 2.84. The topological polar surface area (TPSA) is 0 Å². The van der Waals surface area contributed by atoms with E-state index in [0.29, 0.717) is 26.1 Å². The minimum atomic E-state index is 0.692. The van der Waals surface area contributed by atoms with Gasteiger partial charge in [-0.05, 0) is 0 Å². The van der Waals surface area contributed by atoms with Crippen molar-refractivity contribution in [3.8, 4) is 0 Å². The van der Waals surface area contributed by atoms with Gasteiger partial charge in [0, 0.05) is 0 Å². The first-order chi connectivity index (χ1) is 7.34. The van der Waals surface area contributed by atoms with Gasteiger partial charge in [0.05, 0.1) is 0 Å². The predicted octanol–water partition coefficient (Wildman–Crippen LogP) is 3.17. The van der Waals surface area contributed by atoms with Gasteiger partial charge in [0.1, 0.15) is 0 Å². The first-order valence-corrected chi connectivity index (χ1v) is 7.83. The predicted molar refractivity (Wildman–Crippen MR) is 61.1 cm³/mol. The summed E-state index contributed by atoms with van der Waals surface area (Å²) >= 11 is 0.692. The van der Waals surface area contributed by atoms with Crippen molar-refractivity contribution in [3.63, 3.8) is 0 Å². The standard InChI is InChI=1S/C14H9.Hg/c1-2-6-12-10-14-8-4-3-7-13(14)9-11(12)5-1;/h1-7,9-10H;. The van der Waals surface area contributed by atoms with Crippen LogP contribution in [-0.4, -0.2) is 0 Å². The zero-order valence-electron chi connectivity index (χ0n) is 8.40. The molecule has 0 aromatic heterocycles. The first kappa shape index (κ1) is 9.35. The Labute approximate surface area is 105 Å². The van der Waals surface area contributed by atoms with E-state index in [0.717, 1.165) is 0 Å². The Morgan fingerprint density at radius 1 is 0.667 bits per heavy atom. The van der Waals surface area contributed by atoms with E-state index in [1.165, 1.54) is 21.5 Å². The summed E-state index contributed by atoms with van der Waals surface area (Å²) in [6.07, 6.45) is 0. The molecule has 0 bridgehead atoms. The van der Waals surface area contributed by atoms with Crippen LogP contribution in [0.1, 0.15) is 0 Å². The van der Waals surface area contributed by atoms with Gasteiger partial charge in [-0.2, -0.15) is 0 Å². The molecule has 0 fully saturated rings. The van der Waals surface area contributed by atoms with Crippen LogP contribution in [0.2, 0.25) is 0 Å². The average Bonchev–Trinajstić information content (AvgIpc) is 2.27. The van der Waals surface area contributed by atoms with E-state index in [4.69, 9.17) is 0 Å². The summed E-state index contributed by atoms with van der Waals surface area (Å²) in [4.78, 5) is 0. The van der Waals surface area contributed by atoms with E-state index in [1.807, 2.05) is 0 Å². The molecule has 3 aromatic rings. The van der Waals surface area contributed by atoms with Crippen molar-refractivity contribution in [2.45, 2.75) is 0 Å². The van der Waals surface area contributed by atoms with Crippen LogP contribution in [-0.2, 0) is 26.1 Å². The van der Waals surface area contributed by atoms with Crippen LogP contribution in [0.5, 0.6) is 0 Å². The number of benzene rings is 3. The van der Waals surface area contributed by atoms with Gasteiger partial charge in [0.25, 0.3) is 0 Å². The molecule has 0 aliphatic rings. The van der Waals surface area contributed by atoms with Crippen LogP contribution < -0.4 is 3.07 Å². The van der Waals surface area contributed by atoms with Crippen molar-refractivity contribution < 1.29 is 26.1 Å². The van der Waals surface area contributed by atoms with Crippen LogP contribution in [0.25, 0.3) is 21.5 Å². The zero-order valence-corrected chi connectivity index (χ0v) is 13.9. The van der Waals surface area contributed by atoms with Gasteiger partial charge >= 0.3 is 105 Å². The molecule has 0 unspecified atom stereocenters. The third-order valence-corrected chi connectivity index (χ3v) is 5.23. The summed E-state index contributed by atoms with van der Waals surface area (Å²) < 4.78 is 1.54. The summed E-state index contributed by atoms with van der Waals surface area (Å²) in [6, 6.07) is 19.8. The molecule has 0 aliphatic carbocycles. The Balaban J connectivity index is 2.53. The molecule has 0 atom stereocenters. The van der Waals surface area contributed by atoms with Crippen molar-refractivity contribution in [2.75, 3.05) is 0 Å². The fraction of sp³-hybridized carbons (Fsp3) is 0. The second-order valence-corrected chi connectivity index (χ2v) is 6.80. The van der Waals surface area contributed by atoms with Crippen molar-refractivity contribution in [1.29, 1.82) is 0 Å². The maximum atomic E-state index is 2.33. The van der Waals surface area contributed by atoms with Gasteiger partial charge in [-0.25, -0.2) is 0 Å². The third kappa shape index (κ3) is 1.57. The molecule has 67 valence electrons. The molecule has 0 amide bonds. The molecule has 0 aliphatic heterocycles. The van der Waals surface area contributed by atoms with E-state index in [9.17, 15) is 0 Å². The molecule has 0 saturated carbocycles. The molecule has 3 aromatic carbocycles.